The van der Waals surface area contributed by atoms with E-state index >= 15 is 0 Å². The lowest BCUT2D eigenvalue weighted by Crippen LogP contribution is -2.34. The molecule has 0 aromatic rings. The normalized spacial score (nSPS) is 33.8. The molecule has 2 heterocycles. The molecule has 0 radical (unpaired) electrons. The van der Waals surface area contributed by atoms with Crippen molar-refractivity contribution in [3.8, 4) is 0 Å². The summed E-state index contributed by atoms with van der Waals surface area (Å²) in [6, 6.07) is -0.0126. The number of rotatable bonds is 3. The van der Waals surface area contributed by atoms with Crippen molar-refractivity contribution in [1.82, 2.24) is 4.90 Å². The average Bonchev–Trinajstić information content (AvgIpc) is 3.07. The van der Waals surface area contributed by atoms with E-state index in [0.29, 0.717) is 17.5 Å². The van der Waals surface area contributed by atoms with Crippen molar-refractivity contribution < 1.29 is 13.2 Å². The van der Waals surface area contributed by atoms with E-state index in [2.05, 4.69) is 4.99 Å². The fraction of sp³-hybridized carbons (Fsp3) is 0.857. The van der Waals surface area contributed by atoms with Gasteiger partial charge in [0.25, 0.3) is 0 Å². The van der Waals surface area contributed by atoms with Crippen molar-refractivity contribution in [3.63, 3.8) is 0 Å². The summed E-state index contributed by atoms with van der Waals surface area (Å²) in [6.07, 6.45) is 6.57. The summed E-state index contributed by atoms with van der Waals surface area (Å²) < 4.78 is 23.2. The topological polar surface area (TPSA) is 66.8 Å². The molecule has 118 valence electrons. The molecular weight excluding hydrogens is 308 g/mol. The van der Waals surface area contributed by atoms with E-state index in [1.54, 1.807) is 0 Å². The molecule has 0 aromatic carbocycles. The fourth-order valence-electron chi connectivity index (χ4n) is 3.53. The molecule has 1 saturated carbocycles. The Morgan fingerprint density at radius 2 is 2.05 bits per heavy atom. The molecule has 21 heavy (non-hydrogen) atoms. The molecular formula is C14H22N2O3S2. The van der Waals surface area contributed by atoms with E-state index in [1.165, 1.54) is 37.4 Å². The number of thioether (sulfide) groups is 1. The van der Waals surface area contributed by atoms with Crippen LogP contribution >= 0.6 is 11.8 Å². The van der Waals surface area contributed by atoms with Gasteiger partial charge in [0.15, 0.2) is 15.0 Å². The Balaban J connectivity index is 1.56. The zero-order valence-electron chi connectivity index (χ0n) is 12.3. The minimum Gasteiger partial charge on any atom is -0.349 e. The van der Waals surface area contributed by atoms with Crippen molar-refractivity contribution in [3.05, 3.63) is 0 Å². The molecule has 1 amide bonds. The highest BCUT2D eigenvalue weighted by Gasteiger charge is 2.47. The maximum absolute atomic E-state index is 12.0. The molecule has 7 heteroatoms. The van der Waals surface area contributed by atoms with E-state index in [1.807, 2.05) is 11.9 Å². The number of fused-ring (bicyclic) bond motifs is 1. The second-order valence-corrected chi connectivity index (χ2v) is 9.75. The van der Waals surface area contributed by atoms with Crippen molar-refractivity contribution >= 4 is 32.7 Å². The summed E-state index contributed by atoms with van der Waals surface area (Å²) in [6.45, 7) is 0. The monoisotopic (exact) mass is 330 g/mol. The van der Waals surface area contributed by atoms with Crippen LogP contribution in [0.25, 0.3) is 0 Å². The Morgan fingerprint density at radius 3 is 2.71 bits per heavy atom. The van der Waals surface area contributed by atoms with Gasteiger partial charge in [0.1, 0.15) is 0 Å². The highest BCUT2D eigenvalue weighted by molar-refractivity contribution is 8.15. The van der Waals surface area contributed by atoms with Crippen molar-refractivity contribution in [2.75, 3.05) is 18.6 Å². The third-order valence-corrected chi connectivity index (χ3v) is 8.09. The molecule has 2 atom stereocenters. The molecule has 3 rings (SSSR count). The number of sulfone groups is 1. The molecule has 0 aromatic heterocycles. The van der Waals surface area contributed by atoms with Crippen LogP contribution in [0, 0.1) is 5.92 Å². The maximum atomic E-state index is 12.0. The van der Waals surface area contributed by atoms with Gasteiger partial charge in [-0.25, -0.2) is 8.42 Å². The Bertz CT molecular complexity index is 553. The summed E-state index contributed by atoms with van der Waals surface area (Å²) in [5.41, 5.74) is 0. The predicted octanol–water partition coefficient (Wildman–Crippen LogP) is 1.68. The summed E-state index contributed by atoms with van der Waals surface area (Å²) in [5, 5.41) is 0.748. The number of nitrogens with zero attached hydrogens (tertiary/aromatic N) is 2. The molecule has 5 nitrogen and oxygen atoms in total. The van der Waals surface area contributed by atoms with Crippen LogP contribution in [0.4, 0.5) is 0 Å². The molecule has 2 saturated heterocycles. The van der Waals surface area contributed by atoms with Gasteiger partial charge in [-0.05, 0) is 12.3 Å². The van der Waals surface area contributed by atoms with Crippen LogP contribution in [0.2, 0.25) is 0 Å². The molecule has 0 bridgehead atoms. The quantitative estimate of drug-likeness (QED) is 0.788. The van der Waals surface area contributed by atoms with Gasteiger partial charge in [-0.3, -0.25) is 4.79 Å². The zero-order valence-corrected chi connectivity index (χ0v) is 14.0. The molecule has 2 aliphatic heterocycles. The van der Waals surface area contributed by atoms with Crippen molar-refractivity contribution in [1.29, 1.82) is 0 Å². The molecule has 0 N–H and O–H groups in total. The smallest absolute Gasteiger partial charge is 0.248 e. The SMILES string of the molecule is CN1C(=NC(=O)CCC2CCCC2)S[C@@H]2CS(=O)(=O)C[C@@H]21. The fourth-order valence-corrected chi connectivity index (χ4v) is 7.54. The van der Waals surface area contributed by atoms with Gasteiger partial charge in [0.05, 0.1) is 17.5 Å². The number of carbonyl (C=O) groups is 1. The highest BCUT2D eigenvalue weighted by atomic mass is 32.2. The van der Waals surface area contributed by atoms with Crippen LogP contribution in [0.3, 0.4) is 0 Å². The van der Waals surface area contributed by atoms with Gasteiger partial charge in [-0.15, -0.1) is 0 Å². The van der Waals surface area contributed by atoms with Crippen LogP contribution in [0.15, 0.2) is 4.99 Å². The van der Waals surface area contributed by atoms with Crippen LogP contribution in [-0.4, -0.2) is 54.2 Å². The van der Waals surface area contributed by atoms with Crippen molar-refractivity contribution in [2.24, 2.45) is 10.9 Å². The van der Waals surface area contributed by atoms with Gasteiger partial charge < -0.3 is 4.90 Å². The van der Waals surface area contributed by atoms with Gasteiger partial charge in [-0.1, -0.05) is 37.4 Å². The number of carbonyl (C=O) groups excluding carboxylic acids is 1. The van der Waals surface area contributed by atoms with Crippen molar-refractivity contribution in [2.45, 2.75) is 49.8 Å². The number of hydrogen-bond donors (Lipinski definition) is 0. The Labute approximate surface area is 130 Å². The number of aliphatic imine (C=N–C) groups is 1. The van der Waals surface area contributed by atoms with Gasteiger partial charge in [0, 0.05) is 18.7 Å². The summed E-state index contributed by atoms with van der Waals surface area (Å²) >= 11 is 1.45. The average molecular weight is 330 g/mol. The lowest BCUT2D eigenvalue weighted by atomic mass is 10.0. The first-order valence-corrected chi connectivity index (χ1v) is 10.4. The van der Waals surface area contributed by atoms with Crippen LogP contribution < -0.4 is 0 Å². The zero-order chi connectivity index (χ0) is 15.0. The standard InChI is InChI=1S/C14H22N2O3S2/c1-16-11-8-21(18,19)9-12(11)20-14(16)15-13(17)7-6-10-4-2-3-5-10/h10-12H,2-9H2,1H3/t11-,12+/m0/s1. The van der Waals surface area contributed by atoms with E-state index in [4.69, 9.17) is 0 Å². The van der Waals surface area contributed by atoms with E-state index in [0.717, 1.165) is 6.42 Å². The predicted molar refractivity (Wildman–Crippen MR) is 85.2 cm³/mol. The number of amidine groups is 1. The molecule has 3 fully saturated rings. The van der Waals surface area contributed by atoms with Crippen LogP contribution in [-0.2, 0) is 14.6 Å². The lowest BCUT2D eigenvalue weighted by molar-refractivity contribution is -0.118. The third kappa shape index (κ3) is 3.44. The van der Waals surface area contributed by atoms with Crippen LogP contribution in [0.5, 0.6) is 0 Å². The first-order valence-electron chi connectivity index (χ1n) is 7.66. The summed E-state index contributed by atoms with van der Waals surface area (Å²) in [7, 11) is -1.07. The van der Waals surface area contributed by atoms with Gasteiger partial charge >= 0.3 is 0 Å². The van der Waals surface area contributed by atoms with E-state index < -0.39 is 9.84 Å². The lowest BCUT2D eigenvalue weighted by Gasteiger charge is -2.17. The minimum absolute atomic E-state index is 0.0126. The number of hydrogen-bond acceptors (Lipinski definition) is 4. The second kappa shape index (κ2) is 5.91. The van der Waals surface area contributed by atoms with Gasteiger partial charge in [0.2, 0.25) is 5.91 Å². The highest BCUT2D eigenvalue weighted by Crippen LogP contribution is 2.37. The summed E-state index contributed by atoms with van der Waals surface area (Å²) in [4.78, 5) is 18.1. The minimum atomic E-state index is -2.91. The second-order valence-electron chi connectivity index (χ2n) is 6.39. The third-order valence-electron chi connectivity index (χ3n) is 4.79. The van der Waals surface area contributed by atoms with E-state index in [9.17, 15) is 13.2 Å². The Hall–Kier alpha value is -0.560. The van der Waals surface area contributed by atoms with Gasteiger partial charge in [-0.2, -0.15) is 4.99 Å². The maximum Gasteiger partial charge on any atom is 0.248 e. The van der Waals surface area contributed by atoms with Crippen LogP contribution in [0.1, 0.15) is 38.5 Å². The Morgan fingerprint density at radius 1 is 1.33 bits per heavy atom. The first-order chi connectivity index (χ1) is 9.94. The Kier molecular flexibility index (Phi) is 4.32. The summed E-state index contributed by atoms with van der Waals surface area (Å²) in [5.74, 6) is 1.05. The number of amides is 1. The first kappa shape index (κ1) is 15.3. The molecule has 0 unspecified atom stereocenters. The molecule has 3 aliphatic rings. The molecule has 0 spiro atoms. The molecule has 1 aliphatic carbocycles. The largest absolute Gasteiger partial charge is 0.349 e. The van der Waals surface area contributed by atoms with E-state index in [-0.39, 0.29) is 28.7 Å².